The molecule has 1 unspecified atom stereocenters. The smallest absolute Gasteiger partial charge is 0.249 e. The van der Waals surface area contributed by atoms with E-state index < -0.39 is 0 Å². The highest BCUT2D eigenvalue weighted by molar-refractivity contribution is 5.78. The molecule has 0 spiro atoms. The molecule has 1 aliphatic heterocycles. The standard InChI is InChI=1S/C17H21N3O2/c1-11(2)17(21)20-10-4-5-14(20)16-18-15(19-22-16)13-8-6-12(3)7-9-13/h6-9,11,14H,4-5,10H2,1-3H3. The van der Waals surface area contributed by atoms with Crippen LogP contribution in [-0.2, 0) is 4.79 Å². The lowest BCUT2D eigenvalue weighted by molar-refractivity contribution is -0.135. The summed E-state index contributed by atoms with van der Waals surface area (Å²) in [7, 11) is 0. The van der Waals surface area contributed by atoms with Gasteiger partial charge in [-0.2, -0.15) is 4.98 Å². The zero-order chi connectivity index (χ0) is 15.7. The van der Waals surface area contributed by atoms with E-state index in [4.69, 9.17) is 4.52 Å². The molecule has 0 bridgehead atoms. The topological polar surface area (TPSA) is 59.2 Å². The van der Waals surface area contributed by atoms with Gasteiger partial charge in [0.05, 0.1) is 0 Å². The van der Waals surface area contributed by atoms with E-state index in [1.807, 2.05) is 49.9 Å². The highest BCUT2D eigenvalue weighted by Gasteiger charge is 2.34. The first kappa shape index (κ1) is 14.8. The van der Waals surface area contributed by atoms with Gasteiger partial charge in [-0.15, -0.1) is 0 Å². The van der Waals surface area contributed by atoms with E-state index in [-0.39, 0.29) is 17.9 Å². The van der Waals surface area contributed by atoms with Crippen LogP contribution in [0.25, 0.3) is 11.4 Å². The zero-order valence-corrected chi connectivity index (χ0v) is 13.2. The van der Waals surface area contributed by atoms with Crippen LogP contribution in [0.1, 0.15) is 44.2 Å². The minimum Gasteiger partial charge on any atom is -0.337 e. The molecule has 1 amide bonds. The summed E-state index contributed by atoms with van der Waals surface area (Å²) in [6, 6.07) is 7.93. The average Bonchev–Trinajstić information content (AvgIpc) is 3.15. The number of amides is 1. The van der Waals surface area contributed by atoms with Crippen LogP contribution in [0.4, 0.5) is 0 Å². The molecular weight excluding hydrogens is 278 g/mol. The van der Waals surface area contributed by atoms with Crippen LogP contribution in [0.5, 0.6) is 0 Å². The van der Waals surface area contributed by atoms with Crippen molar-refractivity contribution < 1.29 is 9.32 Å². The van der Waals surface area contributed by atoms with E-state index in [2.05, 4.69) is 10.1 Å². The van der Waals surface area contributed by atoms with Gasteiger partial charge in [0.1, 0.15) is 6.04 Å². The number of likely N-dealkylation sites (tertiary alicyclic amines) is 1. The van der Waals surface area contributed by atoms with E-state index in [1.54, 1.807) is 0 Å². The molecule has 0 aliphatic carbocycles. The number of aryl methyl sites for hydroxylation is 1. The van der Waals surface area contributed by atoms with Crippen LogP contribution in [0, 0.1) is 12.8 Å². The molecule has 2 heterocycles. The normalized spacial score (nSPS) is 18.2. The molecule has 22 heavy (non-hydrogen) atoms. The van der Waals surface area contributed by atoms with Crippen molar-refractivity contribution in [1.29, 1.82) is 0 Å². The molecule has 5 nitrogen and oxygen atoms in total. The van der Waals surface area contributed by atoms with Crippen molar-refractivity contribution in [3.8, 4) is 11.4 Å². The summed E-state index contributed by atoms with van der Waals surface area (Å²) in [5, 5.41) is 4.08. The Morgan fingerprint density at radius 3 is 2.73 bits per heavy atom. The summed E-state index contributed by atoms with van der Waals surface area (Å²) in [6.07, 6.45) is 1.86. The molecule has 1 aliphatic rings. The van der Waals surface area contributed by atoms with Crippen LogP contribution in [-0.4, -0.2) is 27.5 Å². The molecule has 1 fully saturated rings. The predicted octanol–water partition coefficient (Wildman–Crippen LogP) is 3.36. The number of carbonyl (C=O) groups excluding carboxylic acids is 1. The highest BCUT2D eigenvalue weighted by atomic mass is 16.5. The molecule has 3 rings (SSSR count). The van der Waals surface area contributed by atoms with Crippen molar-refractivity contribution in [2.75, 3.05) is 6.54 Å². The quantitative estimate of drug-likeness (QED) is 0.872. The zero-order valence-electron chi connectivity index (χ0n) is 13.2. The van der Waals surface area contributed by atoms with Crippen molar-refractivity contribution in [3.63, 3.8) is 0 Å². The first-order valence-corrected chi connectivity index (χ1v) is 7.77. The molecule has 116 valence electrons. The second-order valence-corrected chi connectivity index (χ2v) is 6.17. The van der Waals surface area contributed by atoms with E-state index >= 15 is 0 Å². The van der Waals surface area contributed by atoms with Crippen molar-refractivity contribution in [2.24, 2.45) is 5.92 Å². The van der Waals surface area contributed by atoms with Gasteiger partial charge in [0.2, 0.25) is 17.6 Å². The van der Waals surface area contributed by atoms with Crippen LogP contribution in [0.15, 0.2) is 28.8 Å². The second-order valence-electron chi connectivity index (χ2n) is 6.17. The van der Waals surface area contributed by atoms with Crippen molar-refractivity contribution >= 4 is 5.91 Å². The fourth-order valence-electron chi connectivity index (χ4n) is 2.81. The van der Waals surface area contributed by atoms with Crippen LogP contribution >= 0.6 is 0 Å². The van der Waals surface area contributed by atoms with E-state index in [0.29, 0.717) is 11.7 Å². The third kappa shape index (κ3) is 2.75. The van der Waals surface area contributed by atoms with Gasteiger partial charge in [0.15, 0.2) is 0 Å². The van der Waals surface area contributed by atoms with Gasteiger partial charge in [-0.3, -0.25) is 4.79 Å². The summed E-state index contributed by atoms with van der Waals surface area (Å²) in [5.41, 5.74) is 2.12. The van der Waals surface area contributed by atoms with Crippen molar-refractivity contribution in [1.82, 2.24) is 15.0 Å². The summed E-state index contributed by atoms with van der Waals surface area (Å²) >= 11 is 0. The Hall–Kier alpha value is -2.17. The van der Waals surface area contributed by atoms with E-state index in [0.717, 1.165) is 24.9 Å². The first-order valence-electron chi connectivity index (χ1n) is 7.77. The molecule has 1 atom stereocenters. The van der Waals surface area contributed by atoms with E-state index in [1.165, 1.54) is 5.56 Å². The first-order chi connectivity index (χ1) is 10.6. The Morgan fingerprint density at radius 1 is 1.32 bits per heavy atom. The van der Waals surface area contributed by atoms with Gasteiger partial charge >= 0.3 is 0 Å². The maximum absolute atomic E-state index is 12.3. The fourth-order valence-corrected chi connectivity index (χ4v) is 2.81. The largest absolute Gasteiger partial charge is 0.337 e. The minimum absolute atomic E-state index is 0.0138. The number of nitrogens with zero attached hydrogens (tertiary/aromatic N) is 3. The number of benzene rings is 1. The fraction of sp³-hybridized carbons (Fsp3) is 0.471. The monoisotopic (exact) mass is 299 g/mol. The lowest BCUT2D eigenvalue weighted by atomic mass is 10.1. The molecule has 0 radical (unpaired) electrons. The number of hydrogen-bond acceptors (Lipinski definition) is 4. The summed E-state index contributed by atoms with van der Waals surface area (Å²) < 4.78 is 5.44. The molecule has 2 aromatic rings. The summed E-state index contributed by atoms with van der Waals surface area (Å²) in [6.45, 7) is 6.65. The summed E-state index contributed by atoms with van der Waals surface area (Å²) in [5.74, 6) is 1.26. The average molecular weight is 299 g/mol. The van der Waals surface area contributed by atoms with Gasteiger partial charge in [-0.25, -0.2) is 0 Å². The third-order valence-corrected chi connectivity index (χ3v) is 4.07. The predicted molar refractivity (Wildman–Crippen MR) is 83.0 cm³/mol. The Balaban J connectivity index is 1.84. The number of aromatic nitrogens is 2. The lowest BCUT2D eigenvalue weighted by Gasteiger charge is -2.23. The lowest BCUT2D eigenvalue weighted by Crippen LogP contribution is -2.33. The SMILES string of the molecule is Cc1ccc(-c2noc(C3CCCN3C(=O)C(C)C)n2)cc1. The number of hydrogen-bond donors (Lipinski definition) is 0. The van der Waals surface area contributed by atoms with E-state index in [9.17, 15) is 4.79 Å². The Labute approximate surface area is 130 Å². The van der Waals surface area contributed by atoms with Crippen LogP contribution < -0.4 is 0 Å². The summed E-state index contributed by atoms with van der Waals surface area (Å²) in [4.78, 5) is 18.7. The van der Waals surface area contributed by atoms with Crippen molar-refractivity contribution in [2.45, 2.75) is 39.7 Å². The molecule has 0 N–H and O–H groups in total. The molecule has 1 aromatic carbocycles. The van der Waals surface area contributed by atoms with Gasteiger partial charge in [-0.05, 0) is 19.8 Å². The van der Waals surface area contributed by atoms with Gasteiger partial charge in [0, 0.05) is 18.0 Å². The molecule has 1 aromatic heterocycles. The van der Waals surface area contributed by atoms with Crippen LogP contribution in [0.2, 0.25) is 0 Å². The molecule has 0 saturated carbocycles. The van der Waals surface area contributed by atoms with Gasteiger partial charge in [-0.1, -0.05) is 48.8 Å². The molecular formula is C17H21N3O2. The Bertz CT molecular complexity index is 661. The maximum Gasteiger partial charge on any atom is 0.249 e. The third-order valence-electron chi connectivity index (χ3n) is 4.07. The van der Waals surface area contributed by atoms with Crippen LogP contribution in [0.3, 0.4) is 0 Å². The number of rotatable bonds is 3. The van der Waals surface area contributed by atoms with Gasteiger partial charge < -0.3 is 9.42 Å². The maximum atomic E-state index is 12.3. The minimum atomic E-state index is -0.0819. The highest BCUT2D eigenvalue weighted by Crippen LogP contribution is 2.33. The second kappa shape index (κ2) is 5.91. The number of carbonyl (C=O) groups is 1. The Morgan fingerprint density at radius 2 is 2.05 bits per heavy atom. The van der Waals surface area contributed by atoms with Crippen molar-refractivity contribution in [3.05, 3.63) is 35.7 Å². The molecule has 1 saturated heterocycles. The molecule has 5 heteroatoms. The van der Waals surface area contributed by atoms with Gasteiger partial charge in [0.25, 0.3) is 0 Å². The Kier molecular flexibility index (Phi) is 3.96.